The van der Waals surface area contributed by atoms with Crippen molar-refractivity contribution in [2.45, 2.75) is 39.5 Å². The summed E-state index contributed by atoms with van der Waals surface area (Å²) in [6.07, 6.45) is 3.65. The van der Waals surface area contributed by atoms with E-state index in [-0.39, 0.29) is 28.5 Å². The van der Waals surface area contributed by atoms with Crippen LogP contribution in [0.3, 0.4) is 0 Å². The Bertz CT molecular complexity index is 1000. The first-order chi connectivity index (χ1) is 12.3. The van der Waals surface area contributed by atoms with Crippen LogP contribution < -0.4 is 17.1 Å². The SMILES string of the molecule is CC(=O)c1c(C)oc(=O)c(N=Nc2sc3c(c2C(N)=O)CCCC3)c1N. The first kappa shape index (κ1) is 18.0. The minimum Gasteiger partial charge on any atom is -0.426 e. The smallest absolute Gasteiger partial charge is 0.366 e. The molecule has 0 unspecified atom stereocenters. The van der Waals surface area contributed by atoms with Crippen LogP contribution in [-0.2, 0) is 12.8 Å². The molecule has 1 aliphatic carbocycles. The van der Waals surface area contributed by atoms with Crippen LogP contribution in [-0.4, -0.2) is 11.7 Å². The highest BCUT2D eigenvalue weighted by Gasteiger charge is 2.24. The van der Waals surface area contributed by atoms with Gasteiger partial charge in [-0.25, -0.2) is 4.79 Å². The van der Waals surface area contributed by atoms with Gasteiger partial charge in [-0.15, -0.1) is 21.6 Å². The number of fused-ring (bicyclic) bond motifs is 1. The van der Waals surface area contributed by atoms with Crippen molar-refractivity contribution < 1.29 is 14.0 Å². The van der Waals surface area contributed by atoms with Gasteiger partial charge < -0.3 is 15.9 Å². The number of hydrogen-bond donors (Lipinski definition) is 2. The molecule has 2 aromatic heterocycles. The van der Waals surface area contributed by atoms with Gasteiger partial charge in [0, 0.05) is 4.88 Å². The summed E-state index contributed by atoms with van der Waals surface area (Å²) in [6.45, 7) is 2.80. The third-order valence-corrected chi connectivity index (χ3v) is 5.48. The molecule has 0 atom stereocenters. The molecule has 0 fully saturated rings. The Balaban J connectivity index is 2.11. The Morgan fingerprint density at radius 1 is 1.15 bits per heavy atom. The van der Waals surface area contributed by atoms with Crippen LogP contribution in [0.25, 0.3) is 0 Å². The van der Waals surface area contributed by atoms with Crippen molar-refractivity contribution in [1.29, 1.82) is 0 Å². The van der Waals surface area contributed by atoms with Crippen molar-refractivity contribution in [3.05, 3.63) is 37.7 Å². The molecule has 1 amide bonds. The van der Waals surface area contributed by atoms with Crippen molar-refractivity contribution in [1.82, 2.24) is 0 Å². The van der Waals surface area contributed by atoms with Gasteiger partial charge in [-0.1, -0.05) is 0 Å². The average molecular weight is 374 g/mol. The van der Waals surface area contributed by atoms with Crippen molar-refractivity contribution in [3.63, 3.8) is 0 Å². The minimum absolute atomic E-state index is 0.0862. The highest BCUT2D eigenvalue weighted by Crippen LogP contribution is 2.40. The average Bonchev–Trinajstić information content (AvgIpc) is 2.92. The van der Waals surface area contributed by atoms with Gasteiger partial charge in [-0.05, 0) is 45.1 Å². The van der Waals surface area contributed by atoms with Crippen molar-refractivity contribution in [2.75, 3.05) is 5.73 Å². The molecule has 1 aliphatic rings. The molecule has 136 valence electrons. The number of aryl methyl sites for hydroxylation is 2. The molecule has 4 N–H and O–H groups in total. The molecular weight excluding hydrogens is 356 g/mol. The number of carbonyl (C=O) groups excluding carboxylic acids is 2. The van der Waals surface area contributed by atoms with Crippen molar-refractivity contribution >= 4 is 39.4 Å². The second kappa shape index (κ2) is 6.83. The number of thiophene rings is 1. The fourth-order valence-electron chi connectivity index (χ4n) is 3.16. The first-order valence-electron chi connectivity index (χ1n) is 8.11. The Morgan fingerprint density at radius 3 is 2.50 bits per heavy atom. The number of nitrogens with two attached hydrogens (primary N) is 2. The lowest BCUT2D eigenvalue weighted by molar-refractivity contribution is 0.0995. The van der Waals surface area contributed by atoms with Gasteiger partial charge in [0.1, 0.15) is 5.76 Å². The molecule has 26 heavy (non-hydrogen) atoms. The van der Waals surface area contributed by atoms with Crippen LogP contribution in [0, 0.1) is 6.92 Å². The lowest BCUT2D eigenvalue weighted by Crippen LogP contribution is -2.14. The summed E-state index contributed by atoms with van der Waals surface area (Å²) in [5.41, 5.74) is 11.6. The number of hydrogen-bond acceptors (Lipinski definition) is 8. The number of rotatable bonds is 4. The maximum atomic E-state index is 12.1. The van der Waals surface area contributed by atoms with E-state index in [4.69, 9.17) is 15.9 Å². The van der Waals surface area contributed by atoms with Gasteiger partial charge in [-0.3, -0.25) is 9.59 Å². The van der Waals surface area contributed by atoms with E-state index in [0.717, 1.165) is 36.1 Å². The number of primary amides is 1. The molecule has 3 rings (SSSR count). The van der Waals surface area contributed by atoms with Crippen LogP contribution in [0.15, 0.2) is 19.4 Å². The number of Topliss-reactive ketones (excluding diaryl/α,β-unsaturated/α-hetero) is 1. The number of amides is 1. The Morgan fingerprint density at radius 2 is 1.85 bits per heavy atom. The third-order valence-electron chi connectivity index (χ3n) is 4.31. The van der Waals surface area contributed by atoms with Crippen LogP contribution >= 0.6 is 11.3 Å². The summed E-state index contributed by atoms with van der Waals surface area (Å²) >= 11 is 1.33. The predicted molar refractivity (Wildman–Crippen MR) is 97.8 cm³/mol. The maximum absolute atomic E-state index is 12.1. The van der Waals surface area contributed by atoms with E-state index in [1.54, 1.807) is 0 Å². The molecule has 0 aromatic carbocycles. The molecule has 0 saturated heterocycles. The van der Waals surface area contributed by atoms with E-state index < -0.39 is 11.5 Å². The van der Waals surface area contributed by atoms with Gasteiger partial charge in [0.15, 0.2) is 16.5 Å². The van der Waals surface area contributed by atoms with Gasteiger partial charge in [0.25, 0.3) is 5.91 Å². The quantitative estimate of drug-likeness (QED) is 0.624. The molecule has 0 saturated carbocycles. The third kappa shape index (κ3) is 3.05. The van der Waals surface area contributed by atoms with Crippen molar-refractivity contribution in [2.24, 2.45) is 16.0 Å². The fraction of sp³-hybridized carbons (Fsp3) is 0.353. The number of ketones is 1. The van der Waals surface area contributed by atoms with Crippen LogP contribution in [0.2, 0.25) is 0 Å². The number of azo groups is 1. The van der Waals surface area contributed by atoms with Crippen LogP contribution in [0.5, 0.6) is 0 Å². The maximum Gasteiger partial charge on any atom is 0.366 e. The molecule has 2 aromatic rings. The van der Waals surface area contributed by atoms with Gasteiger partial charge in [-0.2, -0.15) is 0 Å². The second-order valence-electron chi connectivity index (χ2n) is 6.09. The molecule has 0 aliphatic heterocycles. The Labute approximate surface area is 152 Å². The molecular formula is C17H18N4O4S. The monoisotopic (exact) mass is 374 g/mol. The second-order valence-corrected chi connectivity index (χ2v) is 7.18. The molecule has 0 spiro atoms. The summed E-state index contributed by atoms with van der Waals surface area (Å²) in [5.74, 6) is -0.792. The van der Waals surface area contributed by atoms with Gasteiger partial charge >= 0.3 is 5.63 Å². The first-order valence-corrected chi connectivity index (χ1v) is 8.93. The van der Waals surface area contributed by atoms with Gasteiger partial charge in [0.2, 0.25) is 0 Å². The molecule has 8 nitrogen and oxygen atoms in total. The van der Waals surface area contributed by atoms with Crippen molar-refractivity contribution in [3.8, 4) is 0 Å². The molecule has 2 heterocycles. The number of carbonyl (C=O) groups is 2. The highest BCUT2D eigenvalue weighted by atomic mass is 32.1. The fourth-order valence-corrected chi connectivity index (χ4v) is 4.37. The number of nitrogens with zero attached hydrogens (tertiary/aromatic N) is 2. The summed E-state index contributed by atoms with van der Waals surface area (Å²) in [6, 6.07) is 0. The van der Waals surface area contributed by atoms with E-state index in [2.05, 4.69) is 10.2 Å². The summed E-state index contributed by atoms with van der Waals surface area (Å²) in [5, 5.41) is 8.28. The zero-order valence-corrected chi connectivity index (χ0v) is 15.2. The Kier molecular flexibility index (Phi) is 4.73. The zero-order chi connectivity index (χ0) is 19.0. The van der Waals surface area contributed by atoms with Crippen LogP contribution in [0.1, 0.15) is 56.7 Å². The lowest BCUT2D eigenvalue weighted by Gasteiger charge is -2.10. The summed E-state index contributed by atoms with van der Waals surface area (Å²) in [7, 11) is 0. The Hall–Kier alpha value is -2.81. The minimum atomic E-state index is -0.796. The van der Waals surface area contributed by atoms with E-state index in [1.807, 2.05) is 0 Å². The number of nitrogen functional groups attached to an aromatic ring is 1. The standard InChI is InChI=1S/C17H18N4O4S/c1-7(22)11-8(2)25-17(24)14(13(11)18)20-21-16-12(15(19)23)9-5-3-4-6-10(9)26-16/h3-6,18H2,1-2H3,(H2,19,23). The zero-order valence-electron chi connectivity index (χ0n) is 14.4. The van der Waals surface area contributed by atoms with Gasteiger partial charge in [0.05, 0.1) is 16.8 Å². The highest BCUT2D eigenvalue weighted by molar-refractivity contribution is 7.16. The topological polar surface area (TPSA) is 141 Å². The summed E-state index contributed by atoms with van der Waals surface area (Å²) in [4.78, 5) is 36.7. The molecule has 0 radical (unpaired) electrons. The molecule has 9 heteroatoms. The van der Waals surface area contributed by atoms with E-state index >= 15 is 0 Å². The normalized spacial score (nSPS) is 13.8. The predicted octanol–water partition coefficient (Wildman–Crippen LogP) is 3.19. The van der Waals surface area contributed by atoms with E-state index in [0.29, 0.717) is 10.6 Å². The summed E-state index contributed by atoms with van der Waals surface area (Å²) < 4.78 is 5.03. The van der Waals surface area contributed by atoms with Crippen LogP contribution in [0.4, 0.5) is 16.4 Å². The lowest BCUT2D eigenvalue weighted by atomic mass is 9.95. The molecule has 0 bridgehead atoms. The number of anilines is 1. The largest absolute Gasteiger partial charge is 0.426 e. The van der Waals surface area contributed by atoms with E-state index in [9.17, 15) is 14.4 Å². The van der Waals surface area contributed by atoms with E-state index in [1.165, 1.54) is 25.2 Å².